The summed E-state index contributed by atoms with van der Waals surface area (Å²) in [7, 11) is 1.63. The first-order chi connectivity index (χ1) is 7.65. The van der Waals surface area contributed by atoms with Gasteiger partial charge in [0.2, 0.25) is 5.91 Å². The summed E-state index contributed by atoms with van der Waals surface area (Å²) in [6, 6.07) is 0.407. The van der Waals surface area contributed by atoms with Gasteiger partial charge in [0.05, 0.1) is 12.6 Å². The average Bonchev–Trinajstić information content (AvgIpc) is 2.28. The predicted molar refractivity (Wildman–Crippen MR) is 63.4 cm³/mol. The molecule has 0 aliphatic carbocycles. The van der Waals surface area contributed by atoms with Crippen molar-refractivity contribution in [3.05, 3.63) is 0 Å². The van der Waals surface area contributed by atoms with Gasteiger partial charge < -0.3 is 15.4 Å². The SMILES string of the molecule is COCCNC(=O)C(C)N1CCNC(C)C1. The molecule has 16 heavy (non-hydrogen) atoms. The molecule has 0 aromatic carbocycles. The number of nitrogens with one attached hydrogen (secondary N) is 2. The van der Waals surface area contributed by atoms with Gasteiger partial charge >= 0.3 is 0 Å². The Morgan fingerprint density at radius 3 is 3.06 bits per heavy atom. The summed E-state index contributed by atoms with van der Waals surface area (Å²) in [6.45, 7) is 8.07. The van der Waals surface area contributed by atoms with E-state index in [-0.39, 0.29) is 11.9 Å². The molecule has 0 aromatic heterocycles. The highest BCUT2D eigenvalue weighted by molar-refractivity contribution is 5.81. The number of nitrogens with zero attached hydrogens (tertiary/aromatic N) is 1. The molecule has 1 fully saturated rings. The van der Waals surface area contributed by atoms with Crippen molar-refractivity contribution in [3.8, 4) is 0 Å². The third-order valence-electron chi connectivity index (χ3n) is 2.93. The molecule has 1 rings (SSSR count). The van der Waals surface area contributed by atoms with Crippen molar-refractivity contribution in [1.82, 2.24) is 15.5 Å². The summed E-state index contributed by atoms with van der Waals surface area (Å²) >= 11 is 0. The van der Waals surface area contributed by atoms with Crippen molar-refractivity contribution in [2.75, 3.05) is 39.9 Å². The third kappa shape index (κ3) is 4.08. The van der Waals surface area contributed by atoms with Gasteiger partial charge in [0.15, 0.2) is 0 Å². The van der Waals surface area contributed by atoms with E-state index in [9.17, 15) is 4.79 Å². The quantitative estimate of drug-likeness (QED) is 0.620. The van der Waals surface area contributed by atoms with Crippen LogP contribution in [-0.4, -0.2) is 62.8 Å². The Morgan fingerprint density at radius 1 is 1.69 bits per heavy atom. The third-order valence-corrected chi connectivity index (χ3v) is 2.93. The summed E-state index contributed by atoms with van der Waals surface area (Å²) in [4.78, 5) is 14.0. The van der Waals surface area contributed by atoms with Crippen LogP contribution in [0.2, 0.25) is 0 Å². The summed E-state index contributed by atoms with van der Waals surface area (Å²) in [5.41, 5.74) is 0. The van der Waals surface area contributed by atoms with Crippen LogP contribution in [0.4, 0.5) is 0 Å². The van der Waals surface area contributed by atoms with Gasteiger partial charge in [-0.15, -0.1) is 0 Å². The minimum Gasteiger partial charge on any atom is -0.383 e. The van der Waals surface area contributed by atoms with Crippen molar-refractivity contribution in [1.29, 1.82) is 0 Å². The van der Waals surface area contributed by atoms with Crippen LogP contribution >= 0.6 is 0 Å². The highest BCUT2D eigenvalue weighted by atomic mass is 16.5. The van der Waals surface area contributed by atoms with Crippen LogP contribution in [0.25, 0.3) is 0 Å². The Hall–Kier alpha value is -0.650. The molecule has 5 nitrogen and oxygen atoms in total. The molecule has 1 amide bonds. The van der Waals surface area contributed by atoms with Crippen LogP contribution in [0.5, 0.6) is 0 Å². The molecule has 1 aliphatic rings. The lowest BCUT2D eigenvalue weighted by atomic mass is 10.1. The van der Waals surface area contributed by atoms with E-state index in [2.05, 4.69) is 22.5 Å². The zero-order valence-electron chi connectivity index (χ0n) is 10.5. The zero-order chi connectivity index (χ0) is 12.0. The number of amides is 1. The van der Waals surface area contributed by atoms with Crippen LogP contribution < -0.4 is 10.6 Å². The fourth-order valence-corrected chi connectivity index (χ4v) is 1.90. The first-order valence-corrected chi connectivity index (χ1v) is 5.89. The normalized spacial score (nSPS) is 24.1. The van der Waals surface area contributed by atoms with Crippen LogP contribution in [0.15, 0.2) is 0 Å². The van der Waals surface area contributed by atoms with Crippen LogP contribution in [0, 0.1) is 0 Å². The minimum absolute atomic E-state index is 0.0543. The van der Waals surface area contributed by atoms with Crippen LogP contribution in [-0.2, 0) is 9.53 Å². The molecule has 0 spiro atoms. The maximum Gasteiger partial charge on any atom is 0.237 e. The smallest absolute Gasteiger partial charge is 0.237 e. The lowest BCUT2D eigenvalue weighted by Gasteiger charge is -2.35. The second kappa shape index (κ2) is 6.83. The van der Waals surface area contributed by atoms with Gasteiger partial charge in [-0.1, -0.05) is 0 Å². The van der Waals surface area contributed by atoms with Gasteiger partial charge in [-0.3, -0.25) is 9.69 Å². The number of hydrogen-bond acceptors (Lipinski definition) is 4. The topological polar surface area (TPSA) is 53.6 Å². The molecule has 1 heterocycles. The summed E-state index contributed by atoms with van der Waals surface area (Å²) < 4.78 is 4.90. The largest absolute Gasteiger partial charge is 0.383 e. The molecule has 1 aliphatic heterocycles. The Labute approximate surface area is 97.5 Å². The Balaban J connectivity index is 2.31. The van der Waals surface area contributed by atoms with Crippen LogP contribution in [0.3, 0.4) is 0 Å². The molecule has 0 aromatic rings. The highest BCUT2D eigenvalue weighted by Gasteiger charge is 2.24. The molecule has 5 heteroatoms. The molecule has 0 radical (unpaired) electrons. The van der Waals surface area contributed by atoms with E-state index in [0.29, 0.717) is 19.2 Å². The lowest BCUT2D eigenvalue weighted by molar-refractivity contribution is -0.126. The molecule has 94 valence electrons. The average molecular weight is 229 g/mol. The number of methoxy groups -OCH3 is 1. The number of ether oxygens (including phenoxy) is 1. The number of carbonyl (C=O) groups excluding carboxylic acids is 1. The number of carbonyl (C=O) groups is 1. The minimum atomic E-state index is -0.0543. The fraction of sp³-hybridized carbons (Fsp3) is 0.909. The van der Waals surface area contributed by atoms with E-state index < -0.39 is 0 Å². The maximum atomic E-state index is 11.8. The monoisotopic (exact) mass is 229 g/mol. The predicted octanol–water partition coefficient (Wildman–Crippen LogP) is -0.569. The molecule has 2 N–H and O–H groups in total. The number of piperazine rings is 1. The fourth-order valence-electron chi connectivity index (χ4n) is 1.90. The van der Waals surface area contributed by atoms with Crippen molar-refractivity contribution in [2.24, 2.45) is 0 Å². The Morgan fingerprint density at radius 2 is 2.44 bits per heavy atom. The van der Waals surface area contributed by atoms with E-state index in [1.54, 1.807) is 7.11 Å². The van der Waals surface area contributed by atoms with Gasteiger partial charge in [0.1, 0.15) is 0 Å². The van der Waals surface area contributed by atoms with E-state index in [4.69, 9.17) is 4.74 Å². The number of hydrogen-bond donors (Lipinski definition) is 2. The molecular formula is C11H23N3O2. The van der Waals surface area contributed by atoms with Crippen molar-refractivity contribution >= 4 is 5.91 Å². The molecule has 0 saturated carbocycles. The van der Waals surface area contributed by atoms with Gasteiger partial charge in [0, 0.05) is 39.3 Å². The first-order valence-electron chi connectivity index (χ1n) is 5.89. The first kappa shape index (κ1) is 13.4. The molecule has 0 bridgehead atoms. The van der Waals surface area contributed by atoms with Crippen molar-refractivity contribution in [2.45, 2.75) is 25.9 Å². The van der Waals surface area contributed by atoms with Gasteiger partial charge in [-0.05, 0) is 13.8 Å². The standard InChI is InChI=1S/C11H23N3O2/c1-9-8-14(6-4-12-9)10(2)11(15)13-5-7-16-3/h9-10,12H,4-8H2,1-3H3,(H,13,15). The van der Waals surface area contributed by atoms with Crippen LogP contribution in [0.1, 0.15) is 13.8 Å². The van der Waals surface area contributed by atoms with Crippen molar-refractivity contribution < 1.29 is 9.53 Å². The van der Waals surface area contributed by atoms with E-state index >= 15 is 0 Å². The summed E-state index contributed by atoms with van der Waals surface area (Å²) in [5.74, 6) is 0.0890. The lowest BCUT2D eigenvalue weighted by Crippen LogP contribution is -2.56. The van der Waals surface area contributed by atoms with Gasteiger partial charge in [-0.2, -0.15) is 0 Å². The van der Waals surface area contributed by atoms with Crippen molar-refractivity contribution in [3.63, 3.8) is 0 Å². The zero-order valence-corrected chi connectivity index (χ0v) is 10.5. The second-order valence-electron chi connectivity index (χ2n) is 4.31. The van der Waals surface area contributed by atoms with Gasteiger partial charge in [0.25, 0.3) is 0 Å². The number of rotatable bonds is 5. The van der Waals surface area contributed by atoms with E-state index in [0.717, 1.165) is 19.6 Å². The van der Waals surface area contributed by atoms with Gasteiger partial charge in [-0.25, -0.2) is 0 Å². The highest BCUT2D eigenvalue weighted by Crippen LogP contribution is 2.04. The molecule has 2 unspecified atom stereocenters. The summed E-state index contributed by atoms with van der Waals surface area (Å²) in [6.07, 6.45) is 0. The second-order valence-corrected chi connectivity index (χ2v) is 4.31. The summed E-state index contributed by atoms with van der Waals surface area (Å²) in [5, 5.41) is 6.23. The van der Waals surface area contributed by atoms with E-state index in [1.165, 1.54) is 0 Å². The maximum absolute atomic E-state index is 11.8. The Kier molecular flexibility index (Phi) is 5.73. The molecule has 1 saturated heterocycles. The van der Waals surface area contributed by atoms with E-state index in [1.807, 2.05) is 6.92 Å². The Bertz CT molecular complexity index is 223. The molecular weight excluding hydrogens is 206 g/mol. The molecule has 2 atom stereocenters.